The van der Waals surface area contributed by atoms with E-state index in [2.05, 4.69) is 9.72 Å². The van der Waals surface area contributed by atoms with Crippen LogP contribution in [0.1, 0.15) is 5.56 Å². The molecule has 0 unspecified atom stereocenters. The first-order chi connectivity index (χ1) is 7.70. The summed E-state index contributed by atoms with van der Waals surface area (Å²) >= 11 is 1.42. The van der Waals surface area contributed by atoms with Gasteiger partial charge < -0.3 is 9.47 Å². The number of methoxy groups -OCH3 is 1. The zero-order chi connectivity index (χ0) is 11.5. The van der Waals surface area contributed by atoms with Crippen LogP contribution in [-0.2, 0) is 9.53 Å². The van der Waals surface area contributed by atoms with Crippen LogP contribution in [-0.4, -0.2) is 24.7 Å². The third-order valence-corrected chi connectivity index (χ3v) is 3.08. The Hall–Kier alpha value is -1.62. The van der Waals surface area contributed by atoms with Gasteiger partial charge in [-0.25, -0.2) is 9.78 Å². The maximum absolute atomic E-state index is 10.9. The molecule has 0 saturated heterocycles. The van der Waals surface area contributed by atoms with Gasteiger partial charge in [0.2, 0.25) is 0 Å². The summed E-state index contributed by atoms with van der Waals surface area (Å²) in [6.45, 7) is 1.89. The fourth-order valence-electron chi connectivity index (χ4n) is 1.31. The average molecular weight is 237 g/mol. The van der Waals surface area contributed by atoms with Crippen LogP contribution in [0.5, 0.6) is 5.19 Å². The van der Waals surface area contributed by atoms with Crippen molar-refractivity contribution >= 4 is 27.5 Å². The molecular formula is C11H11NO3S. The predicted molar refractivity (Wildman–Crippen MR) is 61.9 cm³/mol. The number of carbonyl (C=O) groups is 1. The molecule has 0 aliphatic heterocycles. The van der Waals surface area contributed by atoms with Gasteiger partial charge in [-0.05, 0) is 18.6 Å². The molecule has 0 atom stereocenters. The summed E-state index contributed by atoms with van der Waals surface area (Å²) in [6.07, 6.45) is 0. The van der Waals surface area contributed by atoms with Gasteiger partial charge in [-0.1, -0.05) is 23.5 Å². The zero-order valence-corrected chi connectivity index (χ0v) is 9.84. The minimum atomic E-state index is -0.407. The summed E-state index contributed by atoms with van der Waals surface area (Å²) in [5.41, 5.74) is 2.02. The number of carbonyl (C=O) groups excluding carboxylic acids is 1. The smallest absolute Gasteiger partial charge is 0.343 e. The molecule has 2 aromatic rings. The molecule has 0 spiro atoms. The zero-order valence-electron chi connectivity index (χ0n) is 9.02. The van der Waals surface area contributed by atoms with E-state index in [1.54, 1.807) is 0 Å². The van der Waals surface area contributed by atoms with Crippen LogP contribution in [0.2, 0.25) is 0 Å². The maximum atomic E-state index is 10.9. The highest BCUT2D eigenvalue weighted by atomic mass is 32.1. The molecule has 0 amide bonds. The maximum Gasteiger partial charge on any atom is 0.343 e. The van der Waals surface area contributed by atoms with Crippen LogP contribution >= 0.6 is 11.3 Å². The lowest BCUT2D eigenvalue weighted by Gasteiger charge is -1.98. The molecule has 0 aliphatic rings. The van der Waals surface area contributed by atoms with Crippen LogP contribution in [0.4, 0.5) is 0 Å². The minimum Gasteiger partial charge on any atom is -0.466 e. The van der Waals surface area contributed by atoms with Crippen molar-refractivity contribution in [3.05, 3.63) is 23.8 Å². The van der Waals surface area contributed by atoms with Crippen molar-refractivity contribution in [1.82, 2.24) is 4.98 Å². The number of aromatic nitrogens is 1. The molecule has 4 nitrogen and oxygen atoms in total. The molecule has 0 fully saturated rings. The van der Waals surface area contributed by atoms with E-state index in [-0.39, 0.29) is 6.61 Å². The van der Waals surface area contributed by atoms with E-state index in [1.165, 1.54) is 18.4 Å². The summed E-state index contributed by atoms with van der Waals surface area (Å²) < 4.78 is 10.8. The van der Waals surface area contributed by atoms with Crippen LogP contribution in [0.25, 0.3) is 10.2 Å². The van der Waals surface area contributed by atoms with Gasteiger partial charge in [0.25, 0.3) is 5.19 Å². The third kappa shape index (κ3) is 2.14. The Morgan fingerprint density at radius 1 is 1.50 bits per heavy atom. The molecule has 0 N–H and O–H groups in total. The number of esters is 1. The molecule has 0 radical (unpaired) electrons. The van der Waals surface area contributed by atoms with Gasteiger partial charge in [0.05, 0.1) is 17.3 Å². The fourth-order valence-corrected chi connectivity index (χ4v) is 2.20. The highest BCUT2D eigenvalue weighted by Gasteiger charge is 2.08. The SMILES string of the molecule is COC(=O)COc1nc2c(C)cccc2s1. The molecule has 5 heteroatoms. The van der Waals surface area contributed by atoms with Gasteiger partial charge in [0.15, 0.2) is 6.61 Å². The Morgan fingerprint density at radius 3 is 3.00 bits per heavy atom. The van der Waals surface area contributed by atoms with Gasteiger partial charge in [-0.2, -0.15) is 0 Å². The molecule has 0 aliphatic carbocycles. The molecule has 2 rings (SSSR count). The standard InChI is InChI=1S/C11H11NO3S/c1-7-4-3-5-8-10(7)12-11(16-8)15-6-9(13)14-2/h3-5H,6H2,1-2H3. The first-order valence-corrected chi connectivity index (χ1v) is 5.58. The van der Waals surface area contributed by atoms with E-state index in [1.807, 2.05) is 25.1 Å². The molecule has 0 bridgehead atoms. The monoisotopic (exact) mass is 237 g/mol. The number of nitrogens with zero attached hydrogens (tertiary/aromatic N) is 1. The van der Waals surface area contributed by atoms with Crippen molar-refractivity contribution < 1.29 is 14.3 Å². The normalized spacial score (nSPS) is 10.4. The summed E-state index contributed by atoms with van der Waals surface area (Å²) in [6, 6.07) is 5.94. The van der Waals surface area contributed by atoms with Crippen molar-refractivity contribution in [2.24, 2.45) is 0 Å². The number of rotatable bonds is 3. The second kappa shape index (κ2) is 4.49. The number of ether oxygens (including phenoxy) is 2. The number of hydrogen-bond acceptors (Lipinski definition) is 5. The topological polar surface area (TPSA) is 48.4 Å². The Bertz CT molecular complexity index is 521. The largest absolute Gasteiger partial charge is 0.466 e. The van der Waals surface area contributed by atoms with Crippen LogP contribution in [0.3, 0.4) is 0 Å². The number of benzene rings is 1. The molecule has 16 heavy (non-hydrogen) atoms. The van der Waals surface area contributed by atoms with Gasteiger partial charge in [-0.3, -0.25) is 0 Å². The van der Waals surface area contributed by atoms with Crippen LogP contribution in [0, 0.1) is 6.92 Å². The van der Waals surface area contributed by atoms with Crippen molar-refractivity contribution in [3.63, 3.8) is 0 Å². The lowest BCUT2D eigenvalue weighted by molar-refractivity contribution is -0.142. The Morgan fingerprint density at radius 2 is 2.31 bits per heavy atom. The predicted octanol–water partition coefficient (Wildman–Crippen LogP) is 2.16. The summed E-state index contributed by atoms with van der Waals surface area (Å²) in [5, 5.41) is 0.495. The number of aryl methyl sites for hydroxylation is 1. The van der Waals surface area contributed by atoms with Crippen molar-refractivity contribution in [3.8, 4) is 5.19 Å². The number of hydrogen-bond donors (Lipinski definition) is 0. The molecule has 1 aromatic heterocycles. The van der Waals surface area contributed by atoms with Crippen molar-refractivity contribution in [2.45, 2.75) is 6.92 Å². The van der Waals surface area contributed by atoms with Crippen LogP contribution in [0.15, 0.2) is 18.2 Å². The second-order valence-corrected chi connectivity index (χ2v) is 4.26. The average Bonchev–Trinajstić information content (AvgIpc) is 2.70. The van der Waals surface area contributed by atoms with E-state index < -0.39 is 5.97 Å². The Balaban J connectivity index is 2.20. The van der Waals surface area contributed by atoms with Gasteiger partial charge in [0, 0.05) is 0 Å². The van der Waals surface area contributed by atoms with Crippen LogP contribution < -0.4 is 4.74 Å². The lowest BCUT2D eigenvalue weighted by Crippen LogP contribution is -2.12. The molecular weight excluding hydrogens is 226 g/mol. The third-order valence-electron chi connectivity index (χ3n) is 2.14. The summed E-state index contributed by atoms with van der Waals surface area (Å²) in [5.74, 6) is -0.407. The summed E-state index contributed by atoms with van der Waals surface area (Å²) in [7, 11) is 1.33. The van der Waals surface area contributed by atoms with E-state index >= 15 is 0 Å². The van der Waals surface area contributed by atoms with Gasteiger partial charge >= 0.3 is 5.97 Å². The highest BCUT2D eigenvalue weighted by molar-refractivity contribution is 7.20. The van der Waals surface area contributed by atoms with E-state index in [0.717, 1.165) is 15.8 Å². The van der Waals surface area contributed by atoms with E-state index in [0.29, 0.717) is 5.19 Å². The highest BCUT2D eigenvalue weighted by Crippen LogP contribution is 2.29. The lowest BCUT2D eigenvalue weighted by atomic mass is 10.2. The van der Waals surface area contributed by atoms with E-state index in [4.69, 9.17) is 4.74 Å². The van der Waals surface area contributed by atoms with E-state index in [9.17, 15) is 4.79 Å². The van der Waals surface area contributed by atoms with Gasteiger partial charge in [0.1, 0.15) is 0 Å². The number of thiazole rings is 1. The summed E-state index contributed by atoms with van der Waals surface area (Å²) in [4.78, 5) is 15.2. The fraction of sp³-hybridized carbons (Fsp3) is 0.273. The minimum absolute atomic E-state index is 0.102. The molecule has 1 aromatic carbocycles. The molecule has 0 saturated carbocycles. The van der Waals surface area contributed by atoms with Gasteiger partial charge in [-0.15, -0.1) is 0 Å². The molecule has 84 valence electrons. The quantitative estimate of drug-likeness (QED) is 0.767. The molecule has 1 heterocycles. The number of fused-ring (bicyclic) bond motifs is 1. The Kier molecular flexibility index (Phi) is 3.05. The van der Waals surface area contributed by atoms with Crippen molar-refractivity contribution in [2.75, 3.05) is 13.7 Å². The first kappa shape index (κ1) is 10.9. The Labute approximate surface area is 96.8 Å². The second-order valence-electron chi connectivity index (χ2n) is 3.27. The van der Waals surface area contributed by atoms with Crippen molar-refractivity contribution in [1.29, 1.82) is 0 Å². The number of para-hydroxylation sites is 1. The first-order valence-electron chi connectivity index (χ1n) is 4.76.